The van der Waals surface area contributed by atoms with E-state index in [4.69, 9.17) is 4.74 Å². The Kier molecular flexibility index (Phi) is 8.50. The van der Waals surface area contributed by atoms with Crippen LogP contribution >= 0.6 is 0 Å². The van der Waals surface area contributed by atoms with Gasteiger partial charge >= 0.3 is 0 Å². The van der Waals surface area contributed by atoms with Crippen LogP contribution in [0, 0.1) is 16.7 Å². The van der Waals surface area contributed by atoms with E-state index in [-0.39, 0.29) is 0 Å². The molecule has 1 aromatic carbocycles. The molecule has 0 aromatic heterocycles. The first-order chi connectivity index (χ1) is 11.1. The second-order valence-corrected chi connectivity index (χ2v) is 9.87. The first kappa shape index (κ1) is 21.2. The van der Waals surface area contributed by atoms with Crippen molar-refractivity contribution in [3.63, 3.8) is 0 Å². The number of rotatable bonds is 0. The van der Waals surface area contributed by atoms with Gasteiger partial charge in [0.25, 0.3) is 0 Å². The van der Waals surface area contributed by atoms with Crippen molar-refractivity contribution in [2.45, 2.75) is 80.6 Å². The van der Waals surface area contributed by atoms with Gasteiger partial charge in [0.15, 0.2) is 0 Å². The third kappa shape index (κ3) is 9.47. The highest BCUT2D eigenvalue weighted by molar-refractivity contribution is 5.30. The molecular formula is C23H40O. The molecule has 2 aliphatic rings. The summed E-state index contributed by atoms with van der Waals surface area (Å²) in [7, 11) is 0. The van der Waals surface area contributed by atoms with Crippen molar-refractivity contribution in [3.8, 4) is 0 Å². The molecule has 1 nitrogen and oxygen atoms in total. The van der Waals surface area contributed by atoms with Gasteiger partial charge < -0.3 is 4.74 Å². The SMILES string of the molecule is CC(C)(C)C.CC(C)(C)C1CCOCC1.c1ccc2c(c1)CCC2. The van der Waals surface area contributed by atoms with E-state index in [9.17, 15) is 0 Å². The minimum Gasteiger partial charge on any atom is -0.381 e. The molecule has 0 N–H and O–H groups in total. The van der Waals surface area contributed by atoms with E-state index in [0.29, 0.717) is 10.8 Å². The molecule has 0 saturated carbocycles. The summed E-state index contributed by atoms with van der Waals surface area (Å²) in [5, 5.41) is 0. The second kappa shape index (κ2) is 9.61. The minimum absolute atomic E-state index is 0.490. The zero-order valence-electron chi connectivity index (χ0n) is 17.2. The normalized spacial score (nSPS) is 18.0. The van der Waals surface area contributed by atoms with E-state index in [1.807, 2.05) is 0 Å². The molecule has 3 rings (SSSR count). The van der Waals surface area contributed by atoms with Crippen LogP contribution in [0.1, 0.15) is 78.9 Å². The fraction of sp³-hybridized carbons (Fsp3) is 0.739. The van der Waals surface area contributed by atoms with E-state index in [2.05, 4.69) is 72.7 Å². The highest BCUT2D eigenvalue weighted by atomic mass is 16.5. The Bertz CT molecular complexity index is 427. The predicted octanol–water partition coefficient (Wildman–Crippen LogP) is 6.69. The molecule has 0 atom stereocenters. The van der Waals surface area contributed by atoms with Gasteiger partial charge in [-0.15, -0.1) is 0 Å². The molecule has 1 aliphatic carbocycles. The average Bonchev–Trinajstić information content (AvgIpc) is 2.95. The molecular weight excluding hydrogens is 292 g/mol. The molecule has 0 bridgehead atoms. The first-order valence-corrected chi connectivity index (χ1v) is 9.72. The van der Waals surface area contributed by atoms with Crippen LogP contribution < -0.4 is 0 Å². The van der Waals surface area contributed by atoms with Crippen molar-refractivity contribution in [2.75, 3.05) is 13.2 Å². The standard InChI is InChI=1S/C9H18O.C9H10.C5H12/c1-9(2,3)8-4-6-10-7-5-8;1-2-5-9-7-3-6-8(9)4-1;1-5(2,3)4/h8H,4-7H2,1-3H3;1-2,4-5H,3,6-7H2;1-4H3. The molecule has 1 heterocycles. The van der Waals surface area contributed by atoms with Crippen LogP contribution in [0.15, 0.2) is 24.3 Å². The van der Waals surface area contributed by atoms with Crippen LogP contribution in [0.3, 0.4) is 0 Å². The van der Waals surface area contributed by atoms with Crippen molar-refractivity contribution in [1.29, 1.82) is 0 Å². The van der Waals surface area contributed by atoms with E-state index in [0.717, 1.165) is 19.1 Å². The number of fused-ring (bicyclic) bond motifs is 1. The first-order valence-electron chi connectivity index (χ1n) is 9.72. The van der Waals surface area contributed by atoms with Crippen molar-refractivity contribution in [2.24, 2.45) is 16.7 Å². The van der Waals surface area contributed by atoms with Gasteiger partial charge in [0, 0.05) is 13.2 Å². The molecule has 1 saturated heterocycles. The maximum atomic E-state index is 5.29. The molecule has 1 fully saturated rings. The lowest BCUT2D eigenvalue weighted by Crippen LogP contribution is -2.27. The number of ether oxygens (including phenoxy) is 1. The summed E-state index contributed by atoms with van der Waals surface area (Å²) in [5.74, 6) is 0.876. The predicted molar refractivity (Wildman–Crippen MR) is 107 cm³/mol. The number of benzene rings is 1. The quantitative estimate of drug-likeness (QED) is 0.514. The maximum absolute atomic E-state index is 5.29. The molecule has 1 aromatic rings. The highest BCUT2D eigenvalue weighted by Crippen LogP contribution is 2.33. The molecule has 0 radical (unpaired) electrons. The third-order valence-electron chi connectivity index (χ3n) is 4.46. The Morgan fingerprint density at radius 2 is 1.21 bits per heavy atom. The average molecular weight is 333 g/mol. The second-order valence-electron chi connectivity index (χ2n) is 9.87. The van der Waals surface area contributed by atoms with Gasteiger partial charge in [-0.2, -0.15) is 0 Å². The summed E-state index contributed by atoms with van der Waals surface area (Å²) < 4.78 is 5.29. The van der Waals surface area contributed by atoms with Gasteiger partial charge in [-0.25, -0.2) is 0 Å². The van der Waals surface area contributed by atoms with E-state index < -0.39 is 0 Å². The maximum Gasteiger partial charge on any atom is 0.0468 e. The molecule has 138 valence electrons. The molecule has 1 aliphatic heterocycles. The van der Waals surface area contributed by atoms with Gasteiger partial charge in [-0.3, -0.25) is 0 Å². The fourth-order valence-electron chi connectivity index (χ4n) is 3.08. The van der Waals surface area contributed by atoms with Crippen LogP contribution in [0.5, 0.6) is 0 Å². The largest absolute Gasteiger partial charge is 0.381 e. The van der Waals surface area contributed by atoms with Gasteiger partial charge in [0.1, 0.15) is 0 Å². The third-order valence-corrected chi connectivity index (χ3v) is 4.46. The zero-order valence-corrected chi connectivity index (χ0v) is 17.2. The molecule has 24 heavy (non-hydrogen) atoms. The van der Waals surface area contributed by atoms with Crippen molar-refractivity contribution >= 4 is 0 Å². The number of aryl methyl sites for hydroxylation is 2. The lowest BCUT2D eigenvalue weighted by atomic mass is 9.76. The van der Waals surface area contributed by atoms with Crippen molar-refractivity contribution in [3.05, 3.63) is 35.4 Å². The monoisotopic (exact) mass is 332 g/mol. The molecule has 0 spiro atoms. The highest BCUT2D eigenvalue weighted by Gasteiger charge is 2.25. The summed E-state index contributed by atoms with van der Waals surface area (Å²) in [5.41, 5.74) is 4.12. The van der Waals surface area contributed by atoms with Crippen LogP contribution in [0.4, 0.5) is 0 Å². The van der Waals surface area contributed by atoms with Crippen molar-refractivity contribution < 1.29 is 4.74 Å². The van der Waals surface area contributed by atoms with Gasteiger partial charge in [-0.05, 0) is 60.0 Å². The summed E-state index contributed by atoms with van der Waals surface area (Å²) in [4.78, 5) is 0. The Morgan fingerprint density at radius 1 is 0.792 bits per heavy atom. The van der Waals surface area contributed by atoms with Gasteiger partial charge in [0.05, 0.1) is 0 Å². The summed E-state index contributed by atoms with van der Waals surface area (Å²) >= 11 is 0. The van der Waals surface area contributed by atoms with Crippen molar-refractivity contribution in [1.82, 2.24) is 0 Å². The van der Waals surface area contributed by atoms with E-state index in [1.165, 1.54) is 32.1 Å². The van der Waals surface area contributed by atoms with E-state index in [1.54, 1.807) is 11.1 Å². The number of hydrogen-bond donors (Lipinski definition) is 0. The van der Waals surface area contributed by atoms with Crippen LogP contribution in [0.2, 0.25) is 0 Å². The van der Waals surface area contributed by atoms with Crippen LogP contribution in [-0.2, 0) is 17.6 Å². The molecule has 1 heteroatoms. The minimum atomic E-state index is 0.490. The lowest BCUT2D eigenvalue weighted by molar-refractivity contribution is 0.0286. The Labute approximate surface area is 151 Å². The zero-order chi connectivity index (χ0) is 18.2. The summed E-state index contributed by atoms with van der Waals surface area (Å²) in [6.45, 7) is 17.7. The summed E-state index contributed by atoms with van der Waals surface area (Å²) in [6, 6.07) is 8.74. The van der Waals surface area contributed by atoms with Crippen LogP contribution in [0.25, 0.3) is 0 Å². The van der Waals surface area contributed by atoms with Gasteiger partial charge in [-0.1, -0.05) is 72.7 Å². The topological polar surface area (TPSA) is 9.23 Å². The number of hydrogen-bond acceptors (Lipinski definition) is 1. The molecule has 0 amide bonds. The Hall–Kier alpha value is -0.820. The molecule has 0 unspecified atom stereocenters. The lowest BCUT2D eigenvalue weighted by Gasteiger charge is -2.33. The van der Waals surface area contributed by atoms with Crippen LogP contribution in [-0.4, -0.2) is 13.2 Å². The summed E-state index contributed by atoms with van der Waals surface area (Å²) in [6.07, 6.45) is 6.47. The van der Waals surface area contributed by atoms with Gasteiger partial charge in [0.2, 0.25) is 0 Å². The fourth-order valence-corrected chi connectivity index (χ4v) is 3.08. The Balaban J connectivity index is 0.000000191. The Morgan fingerprint density at radius 3 is 1.54 bits per heavy atom. The van der Waals surface area contributed by atoms with E-state index >= 15 is 0 Å². The smallest absolute Gasteiger partial charge is 0.0468 e.